The lowest BCUT2D eigenvalue weighted by molar-refractivity contribution is 0.132. The summed E-state index contributed by atoms with van der Waals surface area (Å²) in [6, 6.07) is 0. The van der Waals surface area contributed by atoms with Gasteiger partial charge in [-0.1, -0.05) is 20.8 Å². The predicted molar refractivity (Wildman–Crippen MR) is 46.3 cm³/mol. The maximum absolute atomic E-state index is 5.62. The Hall–Kier alpha value is 0.177. The van der Waals surface area contributed by atoms with E-state index in [1.54, 1.807) is 0 Å². The summed E-state index contributed by atoms with van der Waals surface area (Å²) in [4.78, 5) is 0. The van der Waals surface area contributed by atoms with E-state index in [9.17, 15) is 0 Å². The first-order valence-corrected chi connectivity index (χ1v) is 4.57. The van der Waals surface area contributed by atoms with Crippen molar-refractivity contribution < 1.29 is 4.43 Å². The number of hydrogen-bond acceptors (Lipinski definition) is 1. The minimum Gasteiger partial charge on any atom is -0.412 e. The summed E-state index contributed by atoms with van der Waals surface area (Å²) >= 11 is 0. The van der Waals surface area contributed by atoms with Gasteiger partial charge < -0.3 is 4.43 Å². The van der Waals surface area contributed by atoms with Gasteiger partial charge in [-0.3, -0.25) is 0 Å². The third kappa shape index (κ3) is 8.18. The normalized spacial score (nSPS) is 13.8. The zero-order valence-corrected chi connectivity index (χ0v) is 8.91. The van der Waals surface area contributed by atoms with Crippen LogP contribution in [0.1, 0.15) is 41.5 Å². The summed E-state index contributed by atoms with van der Waals surface area (Å²) in [6.45, 7) is 12.8. The summed E-state index contributed by atoms with van der Waals surface area (Å²) < 4.78 is 5.62. The van der Waals surface area contributed by atoms with Crippen molar-refractivity contribution in [3.63, 3.8) is 0 Å². The van der Waals surface area contributed by atoms with E-state index in [4.69, 9.17) is 4.43 Å². The smallest absolute Gasteiger partial charge is 0.236 e. The molecule has 0 aromatic rings. The van der Waals surface area contributed by atoms with Crippen molar-refractivity contribution in [3.05, 3.63) is 0 Å². The Kier molecular flexibility index (Phi) is 3.11. The summed E-state index contributed by atoms with van der Waals surface area (Å²) in [5.41, 5.74) is 0.0196. The molecule has 2 heteroatoms. The van der Waals surface area contributed by atoms with E-state index in [0.717, 1.165) is 0 Å². The molecular formula is C8H18OSi. The molecule has 0 spiro atoms. The largest absolute Gasteiger partial charge is 0.412 e. The van der Waals surface area contributed by atoms with Crippen molar-refractivity contribution >= 4 is 9.76 Å². The fourth-order valence-corrected chi connectivity index (χ4v) is 0.919. The maximum atomic E-state index is 5.62. The summed E-state index contributed by atoms with van der Waals surface area (Å²) in [6.07, 6.45) is 0. The van der Waals surface area contributed by atoms with Crippen molar-refractivity contribution in [1.82, 2.24) is 0 Å². The van der Waals surface area contributed by atoms with Crippen molar-refractivity contribution in [3.8, 4) is 0 Å². The second-order valence-electron chi connectivity index (χ2n) is 4.57. The molecule has 0 aliphatic rings. The quantitative estimate of drug-likeness (QED) is 0.533. The van der Waals surface area contributed by atoms with Gasteiger partial charge in [-0.05, 0) is 25.8 Å². The molecule has 0 rings (SSSR count). The number of hydrogen-bond donors (Lipinski definition) is 0. The van der Waals surface area contributed by atoms with Crippen LogP contribution in [-0.4, -0.2) is 15.4 Å². The van der Waals surface area contributed by atoms with E-state index >= 15 is 0 Å². The minimum atomic E-state index is 0.0196. The van der Waals surface area contributed by atoms with Crippen LogP contribution in [-0.2, 0) is 4.43 Å². The van der Waals surface area contributed by atoms with Gasteiger partial charge in [0.15, 0.2) is 0 Å². The highest BCUT2D eigenvalue weighted by atomic mass is 28.2. The van der Waals surface area contributed by atoms with Crippen LogP contribution in [0.3, 0.4) is 0 Å². The van der Waals surface area contributed by atoms with Crippen LogP contribution in [0.2, 0.25) is 5.04 Å². The van der Waals surface area contributed by atoms with Crippen molar-refractivity contribution in [2.45, 2.75) is 52.2 Å². The molecule has 0 amide bonds. The molecule has 1 nitrogen and oxygen atoms in total. The molecule has 10 heavy (non-hydrogen) atoms. The van der Waals surface area contributed by atoms with Crippen molar-refractivity contribution in [2.75, 3.05) is 0 Å². The summed E-state index contributed by atoms with van der Waals surface area (Å²) in [7, 11) is 0.593. The monoisotopic (exact) mass is 158 g/mol. The Bertz CT molecular complexity index is 82.8. The van der Waals surface area contributed by atoms with Gasteiger partial charge in [0.05, 0.1) is 0 Å². The number of rotatable bonds is 1. The van der Waals surface area contributed by atoms with Gasteiger partial charge in [0.1, 0.15) is 0 Å². The molecule has 0 heterocycles. The highest BCUT2D eigenvalue weighted by Gasteiger charge is 2.18. The molecule has 0 saturated carbocycles. The van der Waals surface area contributed by atoms with Crippen LogP contribution in [0.15, 0.2) is 0 Å². The third-order valence-corrected chi connectivity index (χ3v) is 1.99. The van der Waals surface area contributed by atoms with Crippen LogP contribution in [0, 0.1) is 0 Å². The standard InChI is InChI=1S/C8H18OSi/c1-7(2,3)9-10-8(4,5)6/h1-6H3. The van der Waals surface area contributed by atoms with Crippen LogP contribution in [0.5, 0.6) is 0 Å². The highest BCUT2D eigenvalue weighted by molar-refractivity contribution is 6.31. The first-order chi connectivity index (χ1) is 4.21. The van der Waals surface area contributed by atoms with E-state index in [2.05, 4.69) is 41.5 Å². The van der Waals surface area contributed by atoms with Crippen LogP contribution in [0.25, 0.3) is 0 Å². The van der Waals surface area contributed by atoms with E-state index in [1.165, 1.54) is 0 Å². The van der Waals surface area contributed by atoms with E-state index in [0.29, 0.717) is 14.8 Å². The molecule has 0 aromatic heterocycles. The first-order valence-electron chi connectivity index (χ1n) is 3.66. The fourth-order valence-electron chi connectivity index (χ4n) is 0.306. The summed E-state index contributed by atoms with van der Waals surface area (Å²) in [5.74, 6) is 0. The molecule has 0 N–H and O–H groups in total. The molecule has 60 valence electrons. The average molecular weight is 158 g/mol. The van der Waals surface area contributed by atoms with Crippen LogP contribution < -0.4 is 0 Å². The zero-order valence-electron chi connectivity index (χ0n) is 7.91. The third-order valence-electron chi connectivity index (χ3n) is 0.663. The Morgan fingerprint density at radius 2 is 1.30 bits per heavy atom. The zero-order chi connectivity index (χ0) is 8.41. The van der Waals surface area contributed by atoms with Crippen molar-refractivity contribution in [1.29, 1.82) is 0 Å². The molecule has 0 aromatic carbocycles. The summed E-state index contributed by atoms with van der Waals surface area (Å²) in [5, 5.41) is 0.313. The molecular weight excluding hydrogens is 140 g/mol. The van der Waals surface area contributed by atoms with Gasteiger partial charge in [0, 0.05) is 5.60 Å². The Morgan fingerprint density at radius 3 is 1.40 bits per heavy atom. The van der Waals surface area contributed by atoms with Gasteiger partial charge in [-0.25, -0.2) is 0 Å². The van der Waals surface area contributed by atoms with Gasteiger partial charge in [-0.15, -0.1) is 0 Å². The highest BCUT2D eigenvalue weighted by Crippen LogP contribution is 2.22. The molecule has 0 aliphatic heterocycles. The minimum absolute atomic E-state index is 0.0196. The molecule has 0 fully saturated rings. The molecule has 2 radical (unpaired) electrons. The molecule has 0 atom stereocenters. The second kappa shape index (κ2) is 3.05. The fraction of sp³-hybridized carbons (Fsp3) is 1.00. The van der Waals surface area contributed by atoms with Gasteiger partial charge >= 0.3 is 0 Å². The Balaban J connectivity index is 3.56. The predicted octanol–water partition coefficient (Wildman–Crippen LogP) is 2.64. The lowest BCUT2D eigenvalue weighted by Gasteiger charge is -2.24. The molecule has 0 saturated heterocycles. The average Bonchev–Trinajstić information content (AvgIpc) is 1.57. The van der Waals surface area contributed by atoms with E-state index in [-0.39, 0.29) is 5.60 Å². The Labute approximate surface area is 67.1 Å². The topological polar surface area (TPSA) is 9.23 Å². The van der Waals surface area contributed by atoms with Gasteiger partial charge in [0.25, 0.3) is 0 Å². The Morgan fingerprint density at radius 1 is 0.900 bits per heavy atom. The van der Waals surface area contributed by atoms with Crippen molar-refractivity contribution in [2.24, 2.45) is 0 Å². The van der Waals surface area contributed by atoms with Gasteiger partial charge in [0.2, 0.25) is 9.76 Å². The van der Waals surface area contributed by atoms with Crippen LogP contribution in [0.4, 0.5) is 0 Å². The lowest BCUT2D eigenvalue weighted by atomic mass is 10.2. The second-order valence-corrected chi connectivity index (χ2v) is 6.47. The molecule has 0 unspecified atom stereocenters. The molecule has 0 bridgehead atoms. The molecule has 0 aliphatic carbocycles. The first kappa shape index (κ1) is 10.2. The van der Waals surface area contributed by atoms with Gasteiger partial charge in [-0.2, -0.15) is 0 Å². The maximum Gasteiger partial charge on any atom is 0.236 e. The van der Waals surface area contributed by atoms with Crippen LogP contribution >= 0.6 is 0 Å². The van der Waals surface area contributed by atoms with E-state index < -0.39 is 0 Å². The SMILES string of the molecule is CC(C)(C)O[Si]C(C)(C)C. The van der Waals surface area contributed by atoms with E-state index in [1.807, 2.05) is 0 Å². The lowest BCUT2D eigenvalue weighted by Crippen LogP contribution is -2.26.